The second kappa shape index (κ2) is 5.35. The summed E-state index contributed by atoms with van der Waals surface area (Å²) in [7, 11) is 0. The fraction of sp³-hybridized carbons (Fsp3) is 0.250. The highest BCUT2D eigenvalue weighted by Crippen LogP contribution is 2.28. The van der Waals surface area contributed by atoms with Crippen molar-refractivity contribution in [3.8, 4) is 11.5 Å². The molecule has 0 fully saturated rings. The van der Waals surface area contributed by atoms with Crippen molar-refractivity contribution in [3.05, 3.63) is 54.0 Å². The van der Waals surface area contributed by atoms with E-state index in [1.165, 1.54) is 0 Å². The molecule has 4 rings (SSSR count). The van der Waals surface area contributed by atoms with Crippen LogP contribution in [-0.2, 0) is 17.9 Å². The number of hydrogen-bond acceptors (Lipinski definition) is 4. The minimum Gasteiger partial charge on any atom is -0.329 e. The standard InChI is InChI=1S/C16H16N6O/c1-11-16(23)21(9-12-5-3-2-4-6-12)10-14-19-20-15(22(11)14)13-7-8-17-18-13/h2-8,11H,9-10H2,1H3,(H,17,18)/t11-/m0/s1. The third-order valence-corrected chi connectivity index (χ3v) is 4.11. The van der Waals surface area contributed by atoms with Crippen molar-refractivity contribution in [2.45, 2.75) is 26.1 Å². The van der Waals surface area contributed by atoms with E-state index in [-0.39, 0.29) is 11.9 Å². The highest BCUT2D eigenvalue weighted by atomic mass is 16.2. The number of rotatable bonds is 3. The lowest BCUT2D eigenvalue weighted by Crippen LogP contribution is -2.41. The summed E-state index contributed by atoms with van der Waals surface area (Å²) in [5, 5.41) is 15.3. The molecule has 1 atom stereocenters. The first-order chi connectivity index (χ1) is 11.2. The quantitative estimate of drug-likeness (QED) is 0.799. The molecule has 1 aromatic carbocycles. The van der Waals surface area contributed by atoms with E-state index in [1.807, 2.05) is 52.8 Å². The average molecular weight is 308 g/mol. The van der Waals surface area contributed by atoms with Gasteiger partial charge in [-0.3, -0.25) is 14.5 Å². The number of carbonyl (C=O) groups is 1. The molecular formula is C16H16N6O. The van der Waals surface area contributed by atoms with Crippen molar-refractivity contribution in [2.24, 2.45) is 0 Å². The second-order valence-electron chi connectivity index (χ2n) is 5.64. The maximum atomic E-state index is 12.7. The van der Waals surface area contributed by atoms with E-state index < -0.39 is 0 Å². The third-order valence-electron chi connectivity index (χ3n) is 4.11. The molecule has 3 aromatic rings. The molecule has 0 saturated carbocycles. The predicted molar refractivity (Wildman–Crippen MR) is 83.0 cm³/mol. The summed E-state index contributed by atoms with van der Waals surface area (Å²) in [6.45, 7) is 2.92. The van der Waals surface area contributed by atoms with Crippen molar-refractivity contribution < 1.29 is 4.79 Å². The van der Waals surface area contributed by atoms with Gasteiger partial charge in [-0.1, -0.05) is 30.3 Å². The van der Waals surface area contributed by atoms with Crippen LogP contribution in [0.3, 0.4) is 0 Å². The van der Waals surface area contributed by atoms with Gasteiger partial charge in [-0.25, -0.2) is 0 Å². The summed E-state index contributed by atoms with van der Waals surface area (Å²) in [6.07, 6.45) is 1.66. The van der Waals surface area contributed by atoms with Gasteiger partial charge in [0.15, 0.2) is 11.6 Å². The van der Waals surface area contributed by atoms with Gasteiger partial charge in [0.1, 0.15) is 11.7 Å². The molecule has 0 spiro atoms. The third kappa shape index (κ3) is 2.30. The Bertz CT molecular complexity index is 824. The van der Waals surface area contributed by atoms with E-state index in [9.17, 15) is 4.79 Å². The van der Waals surface area contributed by atoms with Crippen LogP contribution in [0, 0.1) is 0 Å². The maximum absolute atomic E-state index is 12.7. The Kier molecular flexibility index (Phi) is 3.18. The number of carbonyl (C=O) groups excluding carboxylic acids is 1. The van der Waals surface area contributed by atoms with Gasteiger partial charge < -0.3 is 4.90 Å². The van der Waals surface area contributed by atoms with Crippen LogP contribution in [0.4, 0.5) is 0 Å². The molecule has 0 unspecified atom stereocenters. The molecule has 0 bridgehead atoms. The smallest absolute Gasteiger partial charge is 0.246 e. The molecule has 1 N–H and O–H groups in total. The van der Waals surface area contributed by atoms with E-state index in [2.05, 4.69) is 20.4 Å². The fourth-order valence-electron chi connectivity index (χ4n) is 2.96. The van der Waals surface area contributed by atoms with Gasteiger partial charge in [0.05, 0.1) is 6.54 Å². The lowest BCUT2D eigenvalue weighted by atomic mass is 10.1. The molecule has 116 valence electrons. The van der Waals surface area contributed by atoms with Crippen molar-refractivity contribution in [1.82, 2.24) is 29.9 Å². The second-order valence-corrected chi connectivity index (χ2v) is 5.64. The Hall–Kier alpha value is -2.96. The minimum atomic E-state index is -0.337. The zero-order valence-corrected chi connectivity index (χ0v) is 12.7. The Morgan fingerprint density at radius 1 is 1.22 bits per heavy atom. The molecule has 0 aliphatic carbocycles. The normalized spacial score (nSPS) is 17.3. The minimum absolute atomic E-state index is 0.0712. The van der Waals surface area contributed by atoms with Crippen LogP contribution in [0.5, 0.6) is 0 Å². The van der Waals surface area contributed by atoms with Crippen LogP contribution < -0.4 is 0 Å². The molecular weight excluding hydrogens is 292 g/mol. The summed E-state index contributed by atoms with van der Waals surface area (Å²) >= 11 is 0. The monoisotopic (exact) mass is 308 g/mol. The predicted octanol–water partition coefficient (Wildman–Crippen LogP) is 1.77. The molecule has 7 nitrogen and oxygen atoms in total. The summed E-state index contributed by atoms with van der Waals surface area (Å²) in [4.78, 5) is 14.6. The van der Waals surface area contributed by atoms with Gasteiger partial charge in [0, 0.05) is 12.7 Å². The van der Waals surface area contributed by atoms with Crippen LogP contribution in [0.15, 0.2) is 42.6 Å². The first kappa shape index (κ1) is 13.7. The summed E-state index contributed by atoms with van der Waals surface area (Å²) in [5.41, 5.74) is 1.87. The van der Waals surface area contributed by atoms with E-state index in [0.717, 1.165) is 17.1 Å². The number of amides is 1. The van der Waals surface area contributed by atoms with Crippen LogP contribution >= 0.6 is 0 Å². The Labute approximate surface area is 133 Å². The number of aromatic amines is 1. The van der Waals surface area contributed by atoms with Crippen molar-refractivity contribution >= 4 is 5.91 Å². The van der Waals surface area contributed by atoms with Crippen LogP contribution in [-0.4, -0.2) is 35.8 Å². The Morgan fingerprint density at radius 2 is 2.04 bits per heavy atom. The number of hydrogen-bond donors (Lipinski definition) is 1. The van der Waals surface area contributed by atoms with Crippen LogP contribution in [0.25, 0.3) is 11.5 Å². The van der Waals surface area contributed by atoms with Gasteiger partial charge in [0.2, 0.25) is 5.91 Å². The summed E-state index contributed by atoms with van der Waals surface area (Å²) < 4.78 is 1.89. The molecule has 7 heteroatoms. The van der Waals surface area contributed by atoms with E-state index in [4.69, 9.17) is 0 Å². The topological polar surface area (TPSA) is 79.7 Å². The van der Waals surface area contributed by atoms with Gasteiger partial charge in [-0.05, 0) is 18.6 Å². The number of benzene rings is 1. The Morgan fingerprint density at radius 3 is 2.78 bits per heavy atom. The van der Waals surface area contributed by atoms with Crippen molar-refractivity contribution in [1.29, 1.82) is 0 Å². The van der Waals surface area contributed by atoms with Crippen LogP contribution in [0.2, 0.25) is 0 Å². The van der Waals surface area contributed by atoms with Crippen molar-refractivity contribution in [3.63, 3.8) is 0 Å². The first-order valence-electron chi connectivity index (χ1n) is 7.50. The number of aromatic nitrogens is 5. The molecule has 3 heterocycles. The molecule has 2 aromatic heterocycles. The fourth-order valence-corrected chi connectivity index (χ4v) is 2.96. The van der Waals surface area contributed by atoms with E-state index in [0.29, 0.717) is 18.9 Å². The zero-order chi connectivity index (χ0) is 15.8. The maximum Gasteiger partial charge on any atom is 0.246 e. The van der Waals surface area contributed by atoms with Gasteiger partial charge in [-0.2, -0.15) is 5.10 Å². The van der Waals surface area contributed by atoms with E-state index >= 15 is 0 Å². The van der Waals surface area contributed by atoms with Crippen LogP contribution in [0.1, 0.15) is 24.4 Å². The number of fused-ring (bicyclic) bond motifs is 1. The number of nitrogens with one attached hydrogen (secondary N) is 1. The zero-order valence-electron chi connectivity index (χ0n) is 12.7. The SMILES string of the molecule is C[C@H]1C(=O)N(Cc2ccccc2)Cc2nnc(-c3ccn[nH]3)n21. The molecule has 1 aliphatic rings. The molecule has 1 aliphatic heterocycles. The summed E-state index contributed by atoms with van der Waals surface area (Å²) in [5.74, 6) is 1.51. The van der Waals surface area contributed by atoms with Crippen molar-refractivity contribution in [2.75, 3.05) is 0 Å². The van der Waals surface area contributed by atoms with Gasteiger partial charge >= 0.3 is 0 Å². The average Bonchev–Trinajstić information content (AvgIpc) is 3.22. The van der Waals surface area contributed by atoms with E-state index in [1.54, 1.807) is 6.20 Å². The van der Waals surface area contributed by atoms with Gasteiger partial charge in [0.25, 0.3) is 0 Å². The van der Waals surface area contributed by atoms with Gasteiger partial charge in [-0.15, -0.1) is 10.2 Å². The highest BCUT2D eigenvalue weighted by molar-refractivity contribution is 5.81. The number of nitrogens with zero attached hydrogens (tertiary/aromatic N) is 5. The Balaban J connectivity index is 1.66. The molecule has 0 saturated heterocycles. The first-order valence-corrected chi connectivity index (χ1v) is 7.50. The molecule has 23 heavy (non-hydrogen) atoms. The lowest BCUT2D eigenvalue weighted by molar-refractivity contribution is -0.137. The number of H-pyrrole nitrogens is 1. The highest BCUT2D eigenvalue weighted by Gasteiger charge is 2.33. The largest absolute Gasteiger partial charge is 0.329 e. The summed E-state index contributed by atoms with van der Waals surface area (Å²) in [6, 6.07) is 11.5. The molecule has 1 amide bonds. The lowest BCUT2D eigenvalue weighted by Gasteiger charge is -2.32. The molecule has 0 radical (unpaired) electrons.